The predicted molar refractivity (Wildman–Crippen MR) is 84.3 cm³/mol. The molecule has 1 aromatic rings. The van der Waals surface area contributed by atoms with Crippen molar-refractivity contribution < 1.29 is 4.74 Å². The molecule has 20 heavy (non-hydrogen) atoms. The van der Waals surface area contributed by atoms with Gasteiger partial charge in [-0.05, 0) is 32.7 Å². The number of ether oxygens (including phenoxy) is 1. The van der Waals surface area contributed by atoms with Crippen LogP contribution in [0.5, 0.6) is 0 Å². The van der Waals surface area contributed by atoms with Crippen LogP contribution in [0.1, 0.15) is 58.7 Å². The summed E-state index contributed by atoms with van der Waals surface area (Å²) < 4.78 is 7.80. The van der Waals surface area contributed by atoms with Crippen LogP contribution in [0.4, 0.5) is 0 Å². The zero-order chi connectivity index (χ0) is 15.2. The smallest absolute Gasteiger partial charge is 0.0857 e. The molecule has 0 bridgehead atoms. The van der Waals surface area contributed by atoms with Crippen LogP contribution >= 0.6 is 11.6 Å². The van der Waals surface area contributed by atoms with Crippen LogP contribution in [0.3, 0.4) is 0 Å². The Morgan fingerprint density at radius 1 is 1.40 bits per heavy atom. The van der Waals surface area contributed by atoms with Gasteiger partial charge in [0.1, 0.15) is 0 Å². The number of aryl methyl sites for hydroxylation is 1. The molecule has 1 N–H and O–H groups in total. The van der Waals surface area contributed by atoms with Gasteiger partial charge in [0.2, 0.25) is 0 Å². The SMILES string of the molecule is CCCNC(c1c(Cl)cnn1CCC)C(C)(CC)OC. The molecule has 0 fully saturated rings. The molecule has 0 saturated carbocycles. The maximum atomic E-state index is 6.40. The monoisotopic (exact) mass is 301 g/mol. The van der Waals surface area contributed by atoms with Crippen molar-refractivity contribution in [1.82, 2.24) is 15.1 Å². The van der Waals surface area contributed by atoms with Gasteiger partial charge in [0.05, 0.1) is 28.6 Å². The van der Waals surface area contributed by atoms with Crippen molar-refractivity contribution in [2.45, 2.75) is 65.1 Å². The van der Waals surface area contributed by atoms with Crippen molar-refractivity contribution in [2.75, 3.05) is 13.7 Å². The number of methoxy groups -OCH3 is 1. The summed E-state index contributed by atoms with van der Waals surface area (Å²) in [6, 6.07) is 0.0407. The van der Waals surface area contributed by atoms with E-state index in [1.54, 1.807) is 13.3 Å². The van der Waals surface area contributed by atoms with Crippen molar-refractivity contribution in [3.8, 4) is 0 Å². The van der Waals surface area contributed by atoms with E-state index in [0.29, 0.717) is 5.02 Å². The number of nitrogens with one attached hydrogen (secondary N) is 1. The van der Waals surface area contributed by atoms with Gasteiger partial charge in [-0.15, -0.1) is 0 Å². The molecule has 1 heterocycles. The average Bonchev–Trinajstić information content (AvgIpc) is 2.81. The van der Waals surface area contributed by atoms with Crippen molar-refractivity contribution in [1.29, 1.82) is 0 Å². The van der Waals surface area contributed by atoms with E-state index in [4.69, 9.17) is 16.3 Å². The largest absolute Gasteiger partial charge is 0.376 e. The third kappa shape index (κ3) is 3.74. The van der Waals surface area contributed by atoms with Crippen LogP contribution < -0.4 is 5.32 Å². The van der Waals surface area contributed by atoms with E-state index in [9.17, 15) is 0 Å². The van der Waals surface area contributed by atoms with Gasteiger partial charge in [-0.3, -0.25) is 4.68 Å². The summed E-state index contributed by atoms with van der Waals surface area (Å²) in [5.41, 5.74) is 0.734. The molecular formula is C15H28ClN3O. The summed E-state index contributed by atoms with van der Waals surface area (Å²) in [6.45, 7) is 10.4. The zero-order valence-electron chi connectivity index (χ0n) is 13.4. The highest BCUT2D eigenvalue weighted by Gasteiger charge is 2.37. The molecule has 2 unspecified atom stereocenters. The van der Waals surface area contributed by atoms with Crippen LogP contribution in [0, 0.1) is 0 Å². The first kappa shape index (κ1) is 17.5. The summed E-state index contributed by atoms with van der Waals surface area (Å²) in [5.74, 6) is 0. The lowest BCUT2D eigenvalue weighted by Gasteiger charge is -2.37. The molecule has 0 spiro atoms. The molecule has 0 amide bonds. The predicted octanol–water partition coefficient (Wildman–Crippen LogP) is 3.80. The first-order chi connectivity index (χ1) is 9.53. The Balaban J connectivity index is 3.19. The fraction of sp³-hybridized carbons (Fsp3) is 0.800. The number of rotatable bonds is 9. The molecule has 1 rings (SSSR count). The molecule has 0 aliphatic rings. The first-order valence-electron chi connectivity index (χ1n) is 7.53. The normalized spacial score (nSPS) is 16.1. The molecular weight excluding hydrogens is 274 g/mol. The van der Waals surface area contributed by atoms with Crippen molar-refractivity contribution >= 4 is 11.6 Å². The Hall–Kier alpha value is -0.580. The third-order valence-electron chi connectivity index (χ3n) is 3.92. The summed E-state index contributed by atoms with van der Waals surface area (Å²) in [6.07, 6.45) is 4.73. The first-order valence-corrected chi connectivity index (χ1v) is 7.91. The second-order valence-corrected chi connectivity index (χ2v) is 5.77. The fourth-order valence-corrected chi connectivity index (χ4v) is 2.66. The summed E-state index contributed by atoms with van der Waals surface area (Å²) in [5, 5.41) is 8.70. The van der Waals surface area contributed by atoms with E-state index in [2.05, 4.69) is 38.1 Å². The maximum Gasteiger partial charge on any atom is 0.0857 e. The van der Waals surface area contributed by atoms with Crippen molar-refractivity contribution in [3.63, 3.8) is 0 Å². The highest BCUT2D eigenvalue weighted by molar-refractivity contribution is 6.31. The van der Waals surface area contributed by atoms with Gasteiger partial charge in [0.25, 0.3) is 0 Å². The minimum absolute atomic E-state index is 0.0407. The van der Waals surface area contributed by atoms with E-state index < -0.39 is 0 Å². The van der Waals surface area contributed by atoms with Gasteiger partial charge < -0.3 is 10.1 Å². The number of aromatic nitrogens is 2. The van der Waals surface area contributed by atoms with E-state index in [0.717, 1.165) is 38.0 Å². The Labute approximate surface area is 127 Å². The highest BCUT2D eigenvalue weighted by atomic mass is 35.5. The summed E-state index contributed by atoms with van der Waals surface area (Å²) in [4.78, 5) is 0. The third-order valence-corrected chi connectivity index (χ3v) is 4.21. The van der Waals surface area contributed by atoms with Gasteiger partial charge in [-0.1, -0.05) is 32.4 Å². The second kappa shape index (κ2) is 8.01. The standard InChI is InChI=1S/C15H28ClN3O/c1-6-9-17-14(15(4,8-3)20-5)13-12(16)11-18-19(13)10-7-2/h11,14,17H,6-10H2,1-5H3. The topological polar surface area (TPSA) is 39.1 Å². The van der Waals surface area contributed by atoms with E-state index in [1.807, 2.05) is 4.68 Å². The summed E-state index contributed by atoms with van der Waals surface area (Å²) >= 11 is 6.40. The molecule has 2 atom stereocenters. The van der Waals surface area contributed by atoms with E-state index in [1.165, 1.54) is 0 Å². The summed E-state index contributed by atoms with van der Waals surface area (Å²) in [7, 11) is 1.76. The van der Waals surface area contributed by atoms with Gasteiger partial charge >= 0.3 is 0 Å². The lowest BCUT2D eigenvalue weighted by atomic mass is 9.90. The van der Waals surface area contributed by atoms with Crippen molar-refractivity contribution in [2.24, 2.45) is 0 Å². The Morgan fingerprint density at radius 3 is 2.60 bits per heavy atom. The van der Waals surface area contributed by atoms with E-state index >= 15 is 0 Å². The van der Waals surface area contributed by atoms with Crippen LogP contribution in [0.25, 0.3) is 0 Å². The molecule has 0 aliphatic carbocycles. The minimum atomic E-state index is -0.301. The minimum Gasteiger partial charge on any atom is -0.376 e. The number of hydrogen-bond acceptors (Lipinski definition) is 3. The average molecular weight is 302 g/mol. The van der Waals surface area contributed by atoms with Crippen LogP contribution in [-0.2, 0) is 11.3 Å². The van der Waals surface area contributed by atoms with Crippen LogP contribution in [-0.4, -0.2) is 29.0 Å². The Bertz CT molecular complexity index is 402. The molecule has 0 aliphatic heterocycles. The second-order valence-electron chi connectivity index (χ2n) is 5.36. The van der Waals surface area contributed by atoms with Gasteiger partial charge in [-0.2, -0.15) is 5.10 Å². The Kier molecular flexibility index (Phi) is 7.00. The van der Waals surface area contributed by atoms with Gasteiger partial charge in [0.15, 0.2) is 0 Å². The molecule has 1 aromatic heterocycles. The number of hydrogen-bond donors (Lipinski definition) is 1. The molecule has 4 nitrogen and oxygen atoms in total. The Morgan fingerprint density at radius 2 is 2.10 bits per heavy atom. The lowest BCUT2D eigenvalue weighted by Crippen LogP contribution is -2.44. The molecule has 0 radical (unpaired) electrons. The number of nitrogens with zero attached hydrogens (tertiary/aromatic N) is 2. The van der Waals surface area contributed by atoms with Crippen molar-refractivity contribution in [3.05, 3.63) is 16.9 Å². The van der Waals surface area contributed by atoms with Gasteiger partial charge in [-0.25, -0.2) is 0 Å². The molecule has 5 heteroatoms. The quantitative estimate of drug-likeness (QED) is 0.754. The molecule has 0 aromatic carbocycles. The molecule has 0 saturated heterocycles. The van der Waals surface area contributed by atoms with Crippen LogP contribution in [0.15, 0.2) is 6.20 Å². The molecule has 116 valence electrons. The van der Waals surface area contributed by atoms with E-state index in [-0.39, 0.29) is 11.6 Å². The fourth-order valence-electron chi connectivity index (χ4n) is 2.41. The lowest BCUT2D eigenvalue weighted by molar-refractivity contribution is -0.0321. The maximum absolute atomic E-state index is 6.40. The highest BCUT2D eigenvalue weighted by Crippen LogP contribution is 2.35. The number of halogens is 1. The zero-order valence-corrected chi connectivity index (χ0v) is 14.1. The van der Waals surface area contributed by atoms with Gasteiger partial charge in [0, 0.05) is 13.7 Å². The van der Waals surface area contributed by atoms with Crippen LogP contribution in [0.2, 0.25) is 5.02 Å².